The molecule has 94 valence electrons. The molecule has 18 heavy (non-hydrogen) atoms. The van der Waals surface area contributed by atoms with Crippen LogP contribution in [0.1, 0.15) is 24.5 Å². The fourth-order valence-corrected chi connectivity index (χ4v) is 2.05. The van der Waals surface area contributed by atoms with E-state index in [1.165, 1.54) is 12.0 Å². The normalized spacial score (nSPS) is 10.3. The van der Waals surface area contributed by atoms with Crippen LogP contribution >= 0.6 is 0 Å². The lowest BCUT2D eigenvalue weighted by Gasteiger charge is -2.12. The van der Waals surface area contributed by atoms with Crippen LogP contribution in [-0.2, 0) is 6.42 Å². The Bertz CT molecular complexity index is 495. The van der Waals surface area contributed by atoms with Crippen LogP contribution in [0.15, 0.2) is 42.5 Å². The topological polar surface area (TPSA) is 38.0 Å². The zero-order valence-electron chi connectivity index (χ0n) is 11.0. The molecule has 3 N–H and O–H groups in total. The first-order chi connectivity index (χ1) is 8.70. The number of para-hydroxylation sites is 1. The molecule has 2 heteroatoms. The molecular weight excluding hydrogens is 220 g/mol. The van der Waals surface area contributed by atoms with Crippen molar-refractivity contribution in [2.45, 2.75) is 26.7 Å². The first-order valence-corrected chi connectivity index (χ1v) is 6.41. The highest BCUT2D eigenvalue weighted by atomic mass is 14.9. The molecule has 0 bridgehead atoms. The molecule has 2 nitrogen and oxygen atoms in total. The van der Waals surface area contributed by atoms with Crippen LogP contribution in [0, 0.1) is 6.92 Å². The average molecular weight is 240 g/mol. The average Bonchev–Trinajstić information content (AvgIpc) is 2.36. The number of benzene rings is 2. The van der Waals surface area contributed by atoms with Crippen molar-refractivity contribution < 1.29 is 0 Å². The fourth-order valence-electron chi connectivity index (χ4n) is 2.05. The van der Waals surface area contributed by atoms with E-state index in [9.17, 15) is 0 Å². The van der Waals surface area contributed by atoms with E-state index < -0.39 is 0 Å². The Morgan fingerprint density at radius 1 is 1.06 bits per heavy atom. The van der Waals surface area contributed by atoms with Gasteiger partial charge in [-0.1, -0.05) is 37.6 Å². The van der Waals surface area contributed by atoms with Crippen LogP contribution in [0.4, 0.5) is 17.1 Å². The predicted octanol–water partition coefficient (Wildman–Crippen LogP) is 4.27. The smallest absolute Gasteiger partial charge is 0.0647 e. The van der Waals surface area contributed by atoms with Gasteiger partial charge in [-0.25, -0.2) is 0 Å². The summed E-state index contributed by atoms with van der Waals surface area (Å²) in [5, 5.41) is 3.38. The first-order valence-electron chi connectivity index (χ1n) is 6.41. The minimum atomic E-state index is 0.785. The summed E-state index contributed by atoms with van der Waals surface area (Å²) in [6.45, 7) is 4.25. The maximum Gasteiger partial charge on any atom is 0.0647 e. The highest BCUT2D eigenvalue weighted by Crippen LogP contribution is 2.26. The van der Waals surface area contributed by atoms with Crippen molar-refractivity contribution in [3.63, 3.8) is 0 Å². The molecule has 2 rings (SSSR count). The molecule has 0 aromatic heterocycles. The Kier molecular flexibility index (Phi) is 3.88. The van der Waals surface area contributed by atoms with Gasteiger partial charge in [0, 0.05) is 5.69 Å². The number of rotatable bonds is 4. The number of nitrogens with two attached hydrogens (primary N) is 1. The van der Waals surface area contributed by atoms with Crippen molar-refractivity contribution in [3.05, 3.63) is 53.6 Å². The Morgan fingerprint density at radius 2 is 1.78 bits per heavy atom. The van der Waals surface area contributed by atoms with E-state index in [0.29, 0.717) is 0 Å². The Balaban J connectivity index is 2.18. The summed E-state index contributed by atoms with van der Waals surface area (Å²) in [5.74, 6) is 0. The van der Waals surface area contributed by atoms with Crippen LogP contribution < -0.4 is 11.1 Å². The number of aryl methyl sites for hydroxylation is 2. The van der Waals surface area contributed by atoms with Gasteiger partial charge in [-0.15, -0.1) is 0 Å². The largest absolute Gasteiger partial charge is 0.397 e. The van der Waals surface area contributed by atoms with Gasteiger partial charge in [-0.05, 0) is 42.7 Å². The van der Waals surface area contributed by atoms with Gasteiger partial charge in [-0.3, -0.25) is 0 Å². The third-order valence-corrected chi connectivity index (χ3v) is 3.07. The molecule has 0 fully saturated rings. The number of anilines is 3. The molecule has 0 amide bonds. The number of nitrogen functional groups attached to an aromatic ring is 1. The summed E-state index contributed by atoms with van der Waals surface area (Å²) >= 11 is 0. The lowest BCUT2D eigenvalue weighted by molar-refractivity contribution is 0.922. The van der Waals surface area contributed by atoms with E-state index in [1.807, 2.05) is 12.1 Å². The van der Waals surface area contributed by atoms with E-state index in [-0.39, 0.29) is 0 Å². The predicted molar refractivity (Wildman–Crippen MR) is 79.3 cm³/mol. The minimum absolute atomic E-state index is 0.785. The Morgan fingerprint density at radius 3 is 2.39 bits per heavy atom. The molecule has 0 spiro atoms. The van der Waals surface area contributed by atoms with Crippen molar-refractivity contribution in [1.29, 1.82) is 0 Å². The number of hydrogen-bond donors (Lipinski definition) is 2. The second kappa shape index (κ2) is 5.58. The molecule has 0 aliphatic rings. The number of hydrogen-bond acceptors (Lipinski definition) is 2. The molecule has 0 saturated carbocycles. The molecular formula is C16H20N2. The third kappa shape index (κ3) is 2.83. The van der Waals surface area contributed by atoms with Gasteiger partial charge in [0.15, 0.2) is 0 Å². The summed E-state index contributed by atoms with van der Waals surface area (Å²) in [6.07, 6.45) is 2.31. The molecule has 2 aromatic carbocycles. The van der Waals surface area contributed by atoms with Gasteiger partial charge < -0.3 is 11.1 Å². The fraction of sp³-hybridized carbons (Fsp3) is 0.250. The molecule has 0 aliphatic carbocycles. The van der Waals surface area contributed by atoms with E-state index in [0.717, 1.165) is 29.0 Å². The van der Waals surface area contributed by atoms with Gasteiger partial charge >= 0.3 is 0 Å². The molecule has 0 saturated heterocycles. The lowest BCUT2D eigenvalue weighted by atomic mass is 10.1. The van der Waals surface area contributed by atoms with E-state index >= 15 is 0 Å². The SMILES string of the molecule is CCCc1ccc(Nc2c(C)cccc2N)cc1. The van der Waals surface area contributed by atoms with Gasteiger partial charge in [0.2, 0.25) is 0 Å². The molecule has 0 radical (unpaired) electrons. The van der Waals surface area contributed by atoms with Crippen molar-refractivity contribution in [2.75, 3.05) is 11.1 Å². The minimum Gasteiger partial charge on any atom is -0.397 e. The zero-order chi connectivity index (χ0) is 13.0. The summed E-state index contributed by atoms with van der Waals surface area (Å²) in [7, 11) is 0. The van der Waals surface area contributed by atoms with Crippen LogP contribution in [0.5, 0.6) is 0 Å². The van der Waals surface area contributed by atoms with E-state index in [2.05, 4.69) is 49.5 Å². The zero-order valence-corrected chi connectivity index (χ0v) is 11.0. The second-order valence-electron chi connectivity index (χ2n) is 4.61. The van der Waals surface area contributed by atoms with Crippen molar-refractivity contribution in [2.24, 2.45) is 0 Å². The molecule has 2 aromatic rings. The van der Waals surface area contributed by atoms with Crippen molar-refractivity contribution in [3.8, 4) is 0 Å². The van der Waals surface area contributed by atoms with Gasteiger partial charge in [-0.2, -0.15) is 0 Å². The van der Waals surface area contributed by atoms with Crippen LogP contribution in [0.3, 0.4) is 0 Å². The van der Waals surface area contributed by atoms with Gasteiger partial charge in [0.05, 0.1) is 11.4 Å². The highest BCUT2D eigenvalue weighted by Gasteiger charge is 2.02. The summed E-state index contributed by atoms with van der Waals surface area (Å²) in [6, 6.07) is 14.5. The molecule has 0 heterocycles. The summed E-state index contributed by atoms with van der Waals surface area (Å²) in [4.78, 5) is 0. The second-order valence-corrected chi connectivity index (χ2v) is 4.61. The molecule has 0 atom stereocenters. The van der Waals surface area contributed by atoms with E-state index in [1.54, 1.807) is 0 Å². The Labute approximate surface area is 109 Å². The van der Waals surface area contributed by atoms with Gasteiger partial charge in [0.25, 0.3) is 0 Å². The van der Waals surface area contributed by atoms with Crippen LogP contribution in [0.2, 0.25) is 0 Å². The third-order valence-electron chi connectivity index (χ3n) is 3.07. The quantitative estimate of drug-likeness (QED) is 0.783. The van der Waals surface area contributed by atoms with Gasteiger partial charge in [0.1, 0.15) is 0 Å². The highest BCUT2D eigenvalue weighted by molar-refractivity contribution is 5.75. The maximum absolute atomic E-state index is 5.98. The Hall–Kier alpha value is -1.96. The van der Waals surface area contributed by atoms with E-state index in [4.69, 9.17) is 5.73 Å². The molecule has 0 unspecified atom stereocenters. The van der Waals surface area contributed by atoms with Crippen molar-refractivity contribution >= 4 is 17.1 Å². The molecule has 0 aliphatic heterocycles. The van der Waals surface area contributed by atoms with Crippen molar-refractivity contribution in [1.82, 2.24) is 0 Å². The maximum atomic E-state index is 5.98. The lowest BCUT2D eigenvalue weighted by Crippen LogP contribution is -1.98. The summed E-state index contributed by atoms with van der Waals surface area (Å²) < 4.78 is 0. The number of nitrogens with one attached hydrogen (secondary N) is 1. The summed E-state index contributed by atoms with van der Waals surface area (Å²) in [5.41, 5.74) is 11.4. The standard InChI is InChI=1S/C16H20N2/c1-3-5-13-8-10-14(11-9-13)18-16-12(2)6-4-7-15(16)17/h4,6-11,18H,3,5,17H2,1-2H3. The van der Waals surface area contributed by atoms with Crippen LogP contribution in [0.25, 0.3) is 0 Å². The first kappa shape index (κ1) is 12.5. The monoisotopic (exact) mass is 240 g/mol. The van der Waals surface area contributed by atoms with Crippen LogP contribution in [-0.4, -0.2) is 0 Å².